The van der Waals surface area contributed by atoms with Crippen molar-refractivity contribution < 1.29 is 4.79 Å². The van der Waals surface area contributed by atoms with Crippen molar-refractivity contribution in [1.82, 2.24) is 10.3 Å². The molecule has 0 bridgehead atoms. The molecule has 1 aromatic rings. The molecule has 1 rings (SSSR count). The van der Waals surface area contributed by atoms with Crippen molar-refractivity contribution >= 4 is 5.91 Å². The summed E-state index contributed by atoms with van der Waals surface area (Å²) in [5.41, 5.74) is 1.09. The first-order chi connectivity index (χ1) is 6.74. The molecule has 3 nitrogen and oxygen atoms in total. The molecular weight excluding hydrogens is 176 g/mol. The van der Waals surface area contributed by atoms with Gasteiger partial charge in [0.2, 0.25) is 5.91 Å². The molecule has 0 aliphatic rings. The van der Waals surface area contributed by atoms with E-state index in [2.05, 4.69) is 10.3 Å². The predicted molar refractivity (Wildman–Crippen MR) is 55.7 cm³/mol. The number of rotatable bonds is 4. The van der Waals surface area contributed by atoms with Crippen LogP contribution in [0.25, 0.3) is 0 Å². The van der Waals surface area contributed by atoms with Crippen LogP contribution in [0.1, 0.15) is 38.3 Å². The smallest absolute Gasteiger partial charge is 0.220 e. The average Bonchev–Trinajstić information content (AvgIpc) is 2.19. The van der Waals surface area contributed by atoms with E-state index in [0.717, 1.165) is 12.0 Å². The number of hydrogen-bond acceptors (Lipinski definition) is 2. The zero-order valence-electron chi connectivity index (χ0n) is 8.66. The number of hydrogen-bond donors (Lipinski definition) is 1. The lowest BCUT2D eigenvalue weighted by molar-refractivity contribution is -0.121. The summed E-state index contributed by atoms with van der Waals surface area (Å²) in [6.45, 7) is 3.97. The Labute approximate surface area is 84.6 Å². The van der Waals surface area contributed by atoms with E-state index >= 15 is 0 Å². The molecule has 14 heavy (non-hydrogen) atoms. The first-order valence-corrected chi connectivity index (χ1v) is 4.93. The number of nitrogens with zero attached hydrogens (tertiary/aromatic N) is 1. The second-order valence-corrected chi connectivity index (χ2v) is 3.32. The molecule has 1 heterocycles. The summed E-state index contributed by atoms with van der Waals surface area (Å²) < 4.78 is 0. The molecule has 0 spiro atoms. The van der Waals surface area contributed by atoms with Gasteiger partial charge in [-0.05, 0) is 31.0 Å². The van der Waals surface area contributed by atoms with Gasteiger partial charge in [0.05, 0.1) is 6.04 Å². The van der Waals surface area contributed by atoms with Crippen molar-refractivity contribution in [3.05, 3.63) is 30.1 Å². The van der Waals surface area contributed by atoms with Crippen LogP contribution in [0.15, 0.2) is 24.5 Å². The minimum atomic E-state index is 0.0667. The normalized spacial score (nSPS) is 12.1. The highest BCUT2D eigenvalue weighted by molar-refractivity contribution is 5.76. The Balaban J connectivity index is 2.50. The third-order valence-corrected chi connectivity index (χ3v) is 2.06. The summed E-state index contributed by atoms with van der Waals surface area (Å²) in [5.74, 6) is 0.108. The van der Waals surface area contributed by atoms with Crippen molar-refractivity contribution in [1.29, 1.82) is 0 Å². The zero-order chi connectivity index (χ0) is 10.4. The van der Waals surface area contributed by atoms with E-state index in [9.17, 15) is 4.79 Å². The molecule has 0 aliphatic heterocycles. The van der Waals surface area contributed by atoms with Crippen LogP contribution in [0.2, 0.25) is 0 Å². The van der Waals surface area contributed by atoms with Crippen LogP contribution in [-0.2, 0) is 4.79 Å². The largest absolute Gasteiger partial charge is 0.350 e. The molecular formula is C11H16N2O. The van der Waals surface area contributed by atoms with Gasteiger partial charge < -0.3 is 5.32 Å². The molecule has 1 N–H and O–H groups in total. The summed E-state index contributed by atoms with van der Waals surface area (Å²) >= 11 is 0. The van der Waals surface area contributed by atoms with Gasteiger partial charge >= 0.3 is 0 Å². The van der Waals surface area contributed by atoms with E-state index in [1.54, 1.807) is 12.4 Å². The Kier molecular flexibility index (Phi) is 4.11. The van der Waals surface area contributed by atoms with Gasteiger partial charge in [-0.2, -0.15) is 0 Å². The van der Waals surface area contributed by atoms with E-state index in [0.29, 0.717) is 6.42 Å². The van der Waals surface area contributed by atoms with E-state index in [-0.39, 0.29) is 11.9 Å². The lowest BCUT2D eigenvalue weighted by atomic mass is 10.1. The first kappa shape index (κ1) is 10.7. The van der Waals surface area contributed by atoms with Gasteiger partial charge in [-0.25, -0.2) is 0 Å². The van der Waals surface area contributed by atoms with E-state index in [1.807, 2.05) is 26.0 Å². The Bertz CT molecular complexity index is 285. The second kappa shape index (κ2) is 5.37. The van der Waals surface area contributed by atoms with Crippen LogP contribution in [0.3, 0.4) is 0 Å². The highest BCUT2D eigenvalue weighted by Crippen LogP contribution is 2.10. The summed E-state index contributed by atoms with van der Waals surface area (Å²) in [6, 6.07) is 3.89. The number of carbonyl (C=O) groups excluding carboxylic acids is 1. The fourth-order valence-corrected chi connectivity index (χ4v) is 1.28. The van der Waals surface area contributed by atoms with E-state index < -0.39 is 0 Å². The van der Waals surface area contributed by atoms with E-state index in [4.69, 9.17) is 0 Å². The molecule has 0 fully saturated rings. The van der Waals surface area contributed by atoms with Crippen LogP contribution >= 0.6 is 0 Å². The highest BCUT2D eigenvalue weighted by Gasteiger charge is 2.07. The molecule has 0 saturated carbocycles. The lowest BCUT2D eigenvalue weighted by Gasteiger charge is -2.13. The van der Waals surface area contributed by atoms with Crippen molar-refractivity contribution in [3.8, 4) is 0 Å². The topological polar surface area (TPSA) is 42.0 Å². The van der Waals surface area contributed by atoms with Crippen LogP contribution in [0.5, 0.6) is 0 Å². The van der Waals surface area contributed by atoms with Crippen molar-refractivity contribution in [3.63, 3.8) is 0 Å². The molecule has 1 amide bonds. The molecule has 0 unspecified atom stereocenters. The number of carbonyl (C=O) groups is 1. The number of amides is 1. The van der Waals surface area contributed by atoms with Gasteiger partial charge in [0, 0.05) is 18.8 Å². The molecule has 0 aliphatic carbocycles. The fraction of sp³-hybridized carbons (Fsp3) is 0.455. The SMILES string of the molecule is CCCC(=O)N[C@@H](C)c1ccncc1. The number of nitrogens with one attached hydrogen (secondary N) is 1. The third kappa shape index (κ3) is 3.17. The van der Waals surface area contributed by atoms with Crippen molar-refractivity contribution in [2.45, 2.75) is 32.7 Å². The molecule has 1 atom stereocenters. The zero-order valence-corrected chi connectivity index (χ0v) is 8.66. The van der Waals surface area contributed by atoms with Crippen LogP contribution in [0.4, 0.5) is 0 Å². The monoisotopic (exact) mass is 192 g/mol. The maximum Gasteiger partial charge on any atom is 0.220 e. The van der Waals surface area contributed by atoms with Gasteiger partial charge in [0.1, 0.15) is 0 Å². The average molecular weight is 192 g/mol. The van der Waals surface area contributed by atoms with Gasteiger partial charge in [-0.1, -0.05) is 6.92 Å². The highest BCUT2D eigenvalue weighted by atomic mass is 16.1. The summed E-state index contributed by atoms with van der Waals surface area (Å²) in [6.07, 6.45) is 4.94. The van der Waals surface area contributed by atoms with Crippen LogP contribution in [-0.4, -0.2) is 10.9 Å². The molecule has 0 radical (unpaired) electrons. The van der Waals surface area contributed by atoms with Gasteiger partial charge in [-0.15, -0.1) is 0 Å². The molecule has 76 valence electrons. The Hall–Kier alpha value is -1.38. The molecule has 1 aromatic heterocycles. The minimum Gasteiger partial charge on any atom is -0.350 e. The quantitative estimate of drug-likeness (QED) is 0.793. The maximum absolute atomic E-state index is 11.3. The predicted octanol–water partition coefficient (Wildman–Crippen LogP) is 2.06. The Morgan fingerprint density at radius 1 is 1.50 bits per heavy atom. The Morgan fingerprint density at radius 2 is 2.14 bits per heavy atom. The van der Waals surface area contributed by atoms with Crippen LogP contribution in [0, 0.1) is 0 Å². The third-order valence-electron chi connectivity index (χ3n) is 2.06. The Morgan fingerprint density at radius 3 is 2.71 bits per heavy atom. The lowest BCUT2D eigenvalue weighted by Crippen LogP contribution is -2.26. The van der Waals surface area contributed by atoms with Crippen molar-refractivity contribution in [2.24, 2.45) is 0 Å². The molecule has 0 aromatic carbocycles. The summed E-state index contributed by atoms with van der Waals surface area (Å²) in [4.78, 5) is 15.2. The van der Waals surface area contributed by atoms with Crippen LogP contribution < -0.4 is 5.32 Å². The number of pyridine rings is 1. The maximum atomic E-state index is 11.3. The van der Waals surface area contributed by atoms with E-state index in [1.165, 1.54) is 0 Å². The molecule has 3 heteroatoms. The first-order valence-electron chi connectivity index (χ1n) is 4.93. The summed E-state index contributed by atoms with van der Waals surface area (Å²) in [5, 5.41) is 2.93. The van der Waals surface area contributed by atoms with Gasteiger partial charge in [0.25, 0.3) is 0 Å². The number of aromatic nitrogens is 1. The molecule has 0 saturated heterocycles. The second-order valence-electron chi connectivity index (χ2n) is 3.32. The standard InChI is InChI=1S/C11H16N2O/c1-3-4-11(14)13-9(2)10-5-7-12-8-6-10/h5-9H,3-4H2,1-2H3,(H,13,14)/t9-/m0/s1. The minimum absolute atomic E-state index is 0.0667. The van der Waals surface area contributed by atoms with Gasteiger partial charge in [-0.3, -0.25) is 9.78 Å². The van der Waals surface area contributed by atoms with Gasteiger partial charge in [0.15, 0.2) is 0 Å². The van der Waals surface area contributed by atoms with Crippen molar-refractivity contribution in [2.75, 3.05) is 0 Å². The fourth-order valence-electron chi connectivity index (χ4n) is 1.28. The summed E-state index contributed by atoms with van der Waals surface area (Å²) in [7, 11) is 0.